The molecule has 0 atom stereocenters. The van der Waals surface area contributed by atoms with Crippen LogP contribution in [0, 0.1) is 0 Å². The highest BCUT2D eigenvalue weighted by atomic mass is 19.3. The van der Waals surface area contributed by atoms with Crippen LogP contribution in [0.2, 0.25) is 0 Å². The van der Waals surface area contributed by atoms with Crippen molar-refractivity contribution in [2.45, 2.75) is 12.8 Å². The number of carbonyl (C=O) groups is 1. The van der Waals surface area contributed by atoms with Crippen molar-refractivity contribution in [1.29, 1.82) is 0 Å². The molecule has 0 spiro atoms. The first-order valence-corrected chi connectivity index (χ1v) is 6.27. The molecule has 6 heteroatoms. The molecule has 0 unspecified atom stereocenters. The number of rotatable bonds is 4. The maximum absolute atomic E-state index is 13.1. The van der Waals surface area contributed by atoms with E-state index < -0.39 is 11.8 Å². The zero-order valence-corrected chi connectivity index (χ0v) is 11.4. The van der Waals surface area contributed by atoms with Crippen LogP contribution >= 0.6 is 0 Å². The highest BCUT2D eigenvalue weighted by Gasteiger charge is 2.23. The highest BCUT2D eigenvalue weighted by Crippen LogP contribution is 2.28. The summed E-state index contributed by atoms with van der Waals surface area (Å²) in [7, 11) is 0. The molecule has 0 heterocycles. The van der Waals surface area contributed by atoms with Crippen LogP contribution in [0.3, 0.4) is 0 Å². The molecule has 2 aromatic rings. The number of nitrogen functional groups attached to an aromatic ring is 1. The van der Waals surface area contributed by atoms with Crippen molar-refractivity contribution in [2.75, 3.05) is 5.32 Å². The van der Waals surface area contributed by atoms with Crippen molar-refractivity contribution in [2.24, 2.45) is 5.84 Å². The van der Waals surface area contributed by atoms with Gasteiger partial charge >= 0.3 is 0 Å². The Labute approximate surface area is 120 Å². The number of nitrogens with two attached hydrogens (primary N) is 1. The third-order valence-corrected chi connectivity index (χ3v) is 2.97. The lowest BCUT2D eigenvalue weighted by molar-refractivity contribution is 0.0175. The minimum atomic E-state index is -2.88. The molecular weight excluding hydrogens is 276 g/mol. The smallest absolute Gasteiger partial charge is 0.270 e. The predicted octanol–water partition coefficient (Wildman–Crippen LogP) is 3.15. The quantitative estimate of drug-likeness (QED) is 0.460. The molecule has 2 aromatic carbocycles. The standard InChI is InChI=1S/C15H15F2N3O/c1-15(16,17)10-6-8-11(9-7-10)19-13-5-3-2-4-12(13)14(21)20-18/h2-9,19H,18H2,1H3,(H,20,21). The van der Waals surface area contributed by atoms with Gasteiger partial charge in [-0.1, -0.05) is 24.3 Å². The van der Waals surface area contributed by atoms with Gasteiger partial charge in [0.1, 0.15) is 0 Å². The van der Waals surface area contributed by atoms with Crippen molar-refractivity contribution >= 4 is 17.3 Å². The molecule has 21 heavy (non-hydrogen) atoms. The molecule has 0 fully saturated rings. The average molecular weight is 291 g/mol. The Balaban J connectivity index is 2.25. The van der Waals surface area contributed by atoms with Crippen molar-refractivity contribution in [3.8, 4) is 0 Å². The summed E-state index contributed by atoms with van der Waals surface area (Å²) in [5.41, 5.74) is 3.49. The summed E-state index contributed by atoms with van der Waals surface area (Å²) in [6.45, 7) is 0.844. The molecule has 2 rings (SSSR count). The third kappa shape index (κ3) is 3.55. The van der Waals surface area contributed by atoms with Gasteiger partial charge in [-0.25, -0.2) is 14.6 Å². The summed E-state index contributed by atoms with van der Waals surface area (Å²) in [4.78, 5) is 11.6. The van der Waals surface area contributed by atoms with E-state index in [1.165, 1.54) is 24.3 Å². The average Bonchev–Trinajstić information content (AvgIpc) is 2.46. The normalized spacial score (nSPS) is 11.0. The van der Waals surface area contributed by atoms with Gasteiger partial charge < -0.3 is 5.32 Å². The van der Waals surface area contributed by atoms with Gasteiger partial charge in [-0.15, -0.1) is 0 Å². The number of nitrogens with one attached hydrogen (secondary N) is 2. The van der Waals surface area contributed by atoms with E-state index in [-0.39, 0.29) is 5.56 Å². The van der Waals surface area contributed by atoms with Gasteiger partial charge in [-0.05, 0) is 24.3 Å². The van der Waals surface area contributed by atoms with Gasteiger partial charge in [0.05, 0.1) is 11.3 Å². The third-order valence-electron chi connectivity index (χ3n) is 2.97. The van der Waals surface area contributed by atoms with Crippen LogP contribution in [0.25, 0.3) is 0 Å². The minimum absolute atomic E-state index is 0.0685. The molecule has 0 aromatic heterocycles. The second-order valence-electron chi connectivity index (χ2n) is 4.61. The first kappa shape index (κ1) is 14.9. The molecule has 0 aliphatic carbocycles. The Morgan fingerprint density at radius 1 is 1.10 bits per heavy atom. The fourth-order valence-corrected chi connectivity index (χ4v) is 1.87. The monoisotopic (exact) mass is 291 g/mol. The maximum Gasteiger partial charge on any atom is 0.270 e. The molecule has 0 saturated carbocycles. The summed E-state index contributed by atoms with van der Waals surface area (Å²) >= 11 is 0. The second-order valence-corrected chi connectivity index (χ2v) is 4.61. The van der Waals surface area contributed by atoms with Crippen LogP contribution in [0.15, 0.2) is 48.5 Å². The van der Waals surface area contributed by atoms with Crippen molar-refractivity contribution in [3.63, 3.8) is 0 Å². The van der Waals surface area contributed by atoms with E-state index in [1.807, 2.05) is 0 Å². The molecule has 0 aliphatic rings. The number of benzene rings is 2. The summed E-state index contributed by atoms with van der Waals surface area (Å²) in [5.74, 6) is 1.81. The lowest BCUT2D eigenvalue weighted by Gasteiger charge is -2.13. The van der Waals surface area contributed by atoms with Crippen LogP contribution in [-0.2, 0) is 5.92 Å². The summed E-state index contributed by atoms with van der Waals surface area (Å²) in [6.07, 6.45) is 0. The summed E-state index contributed by atoms with van der Waals surface area (Å²) in [6, 6.07) is 12.5. The Bertz CT molecular complexity index is 636. The van der Waals surface area contributed by atoms with Crippen LogP contribution in [0.5, 0.6) is 0 Å². The highest BCUT2D eigenvalue weighted by molar-refractivity contribution is 5.99. The molecule has 4 nitrogen and oxygen atoms in total. The van der Waals surface area contributed by atoms with E-state index in [0.717, 1.165) is 6.92 Å². The van der Waals surface area contributed by atoms with E-state index in [0.29, 0.717) is 16.9 Å². The number of alkyl halides is 2. The summed E-state index contributed by atoms with van der Waals surface area (Å²) < 4.78 is 26.3. The zero-order valence-electron chi connectivity index (χ0n) is 11.4. The van der Waals surface area contributed by atoms with Crippen molar-refractivity contribution in [1.82, 2.24) is 5.43 Å². The number of hydrazine groups is 1. The molecule has 0 bridgehead atoms. The number of hydrogen-bond acceptors (Lipinski definition) is 3. The Hall–Kier alpha value is -2.47. The number of anilines is 2. The second kappa shape index (κ2) is 5.88. The number of halogens is 2. The predicted molar refractivity (Wildman–Crippen MR) is 77.4 cm³/mol. The van der Waals surface area contributed by atoms with Crippen LogP contribution in [0.4, 0.5) is 20.2 Å². The van der Waals surface area contributed by atoms with Crippen LogP contribution < -0.4 is 16.6 Å². The van der Waals surface area contributed by atoms with Gasteiger partial charge in [0.2, 0.25) is 0 Å². The van der Waals surface area contributed by atoms with E-state index >= 15 is 0 Å². The van der Waals surface area contributed by atoms with E-state index in [9.17, 15) is 13.6 Å². The maximum atomic E-state index is 13.1. The number of hydrogen-bond donors (Lipinski definition) is 3. The van der Waals surface area contributed by atoms with Crippen molar-refractivity contribution in [3.05, 3.63) is 59.7 Å². The largest absolute Gasteiger partial charge is 0.355 e. The molecule has 0 aliphatic heterocycles. The Morgan fingerprint density at radius 2 is 1.71 bits per heavy atom. The molecule has 110 valence electrons. The first-order valence-electron chi connectivity index (χ1n) is 6.27. The topological polar surface area (TPSA) is 67.2 Å². The van der Waals surface area contributed by atoms with Gasteiger partial charge in [0, 0.05) is 18.2 Å². The molecular formula is C15H15F2N3O. The van der Waals surface area contributed by atoms with Gasteiger partial charge in [0.25, 0.3) is 11.8 Å². The number of para-hydroxylation sites is 1. The zero-order chi connectivity index (χ0) is 15.5. The minimum Gasteiger partial charge on any atom is -0.355 e. The first-order chi connectivity index (χ1) is 9.91. The number of amides is 1. The summed E-state index contributed by atoms with van der Waals surface area (Å²) in [5, 5.41) is 3.01. The van der Waals surface area contributed by atoms with Crippen LogP contribution in [-0.4, -0.2) is 5.91 Å². The fraction of sp³-hybridized carbons (Fsp3) is 0.133. The van der Waals surface area contributed by atoms with Gasteiger partial charge in [-0.3, -0.25) is 10.2 Å². The van der Waals surface area contributed by atoms with E-state index in [2.05, 4.69) is 10.7 Å². The van der Waals surface area contributed by atoms with Gasteiger partial charge in [0.15, 0.2) is 0 Å². The fourth-order valence-electron chi connectivity index (χ4n) is 1.87. The van der Waals surface area contributed by atoms with E-state index in [4.69, 9.17) is 5.84 Å². The lowest BCUT2D eigenvalue weighted by Crippen LogP contribution is -2.30. The molecule has 0 saturated heterocycles. The van der Waals surface area contributed by atoms with Crippen molar-refractivity contribution < 1.29 is 13.6 Å². The molecule has 4 N–H and O–H groups in total. The van der Waals surface area contributed by atoms with Gasteiger partial charge in [-0.2, -0.15) is 0 Å². The van der Waals surface area contributed by atoms with E-state index in [1.54, 1.807) is 24.3 Å². The Morgan fingerprint density at radius 3 is 2.29 bits per heavy atom. The Kier molecular flexibility index (Phi) is 4.18. The molecule has 0 radical (unpaired) electrons. The van der Waals surface area contributed by atoms with Crippen LogP contribution in [0.1, 0.15) is 22.8 Å². The lowest BCUT2D eigenvalue weighted by atomic mass is 10.1. The molecule has 1 amide bonds. The number of carbonyl (C=O) groups excluding carboxylic acids is 1. The SMILES string of the molecule is CC(F)(F)c1ccc(Nc2ccccc2C(=O)NN)cc1.